The average Bonchev–Trinajstić information content (AvgIpc) is 2.36. The van der Waals surface area contributed by atoms with Crippen molar-refractivity contribution in [3.05, 3.63) is 12.3 Å². The van der Waals surface area contributed by atoms with Gasteiger partial charge < -0.3 is 9.47 Å². The highest BCUT2D eigenvalue weighted by Crippen LogP contribution is 2.30. The number of esters is 1. The molecule has 0 aliphatic carbocycles. The van der Waals surface area contributed by atoms with E-state index in [1.54, 1.807) is 19.9 Å². The van der Waals surface area contributed by atoms with Crippen molar-refractivity contribution in [2.45, 2.75) is 13.8 Å². The molecule has 0 N–H and O–H groups in total. The highest BCUT2D eigenvalue weighted by atomic mass is 16.5. The van der Waals surface area contributed by atoms with Crippen LogP contribution in [0.1, 0.15) is 13.8 Å². The summed E-state index contributed by atoms with van der Waals surface area (Å²) in [7, 11) is 2.62. The Bertz CT molecular complexity index is 360. The summed E-state index contributed by atoms with van der Waals surface area (Å²) in [4.78, 5) is 22.7. The van der Waals surface area contributed by atoms with Gasteiger partial charge in [0.15, 0.2) is 0 Å². The third kappa shape index (κ3) is 2.64. The van der Waals surface area contributed by atoms with E-state index in [4.69, 9.17) is 4.74 Å². The van der Waals surface area contributed by atoms with Crippen LogP contribution in [0.15, 0.2) is 17.4 Å². The van der Waals surface area contributed by atoms with Crippen molar-refractivity contribution in [1.29, 1.82) is 0 Å². The first-order chi connectivity index (χ1) is 7.93. The first-order valence-electron chi connectivity index (χ1n) is 5.11. The van der Waals surface area contributed by atoms with Crippen LogP contribution in [0.25, 0.3) is 0 Å². The van der Waals surface area contributed by atoms with Gasteiger partial charge in [0.25, 0.3) is 0 Å². The summed E-state index contributed by atoms with van der Waals surface area (Å²) in [5, 5.41) is 4.96. The SMILES string of the molecule is COC(=O)N1C=CC(C(C)(C)C(=O)OC)C=N1. The molecule has 0 fully saturated rings. The lowest BCUT2D eigenvalue weighted by atomic mass is 9.79. The summed E-state index contributed by atoms with van der Waals surface area (Å²) in [6, 6.07) is 0. The molecule has 0 saturated carbocycles. The monoisotopic (exact) mass is 240 g/mol. The van der Waals surface area contributed by atoms with Gasteiger partial charge in [-0.3, -0.25) is 4.79 Å². The molecule has 1 amide bonds. The Labute approximate surface area is 99.9 Å². The van der Waals surface area contributed by atoms with E-state index in [0.717, 1.165) is 5.01 Å². The van der Waals surface area contributed by atoms with Gasteiger partial charge in [0, 0.05) is 18.3 Å². The van der Waals surface area contributed by atoms with Gasteiger partial charge in [-0.15, -0.1) is 0 Å². The van der Waals surface area contributed by atoms with E-state index in [2.05, 4.69) is 9.84 Å². The second kappa shape index (κ2) is 4.99. The Morgan fingerprint density at radius 1 is 1.29 bits per heavy atom. The smallest absolute Gasteiger partial charge is 0.434 e. The quantitative estimate of drug-likeness (QED) is 0.684. The number of rotatable bonds is 2. The molecule has 6 nitrogen and oxygen atoms in total. The second-order valence-corrected chi connectivity index (χ2v) is 4.16. The van der Waals surface area contributed by atoms with Gasteiger partial charge in [-0.1, -0.05) is 6.08 Å². The van der Waals surface area contributed by atoms with E-state index in [-0.39, 0.29) is 11.9 Å². The van der Waals surface area contributed by atoms with Gasteiger partial charge in [0.2, 0.25) is 0 Å². The Kier molecular flexibility index (Phi) is 3.88. The van der Waals surface area contributed by atoms with Gasteiger partial charge >= 0.3 is 12.1 Å². The summed E-state index contributed by atoms with van der Waals surface area (Å²) in [5.41, 5.74) is -0.725. The van der Waals surface area contributed by atoms with E-state index in [9.17, 15) is 9.59 Å². The Morgan fingerprint density at radius 3 is 2.35 bits per heavy atom. The second-order valence-electron chi connectivity index (χ2n) is 4.16. The van der Waals surface area contributed by atoms with Crippen LogP contribution in [0.4, 0.5) is 4.79 Å². The predicted octanol–water partition coefficient (Wildman–Crippen LogP) is 1.38. The molecule has 0 aromatic heterocycles. The molecule has 1 heterocycles. The van der Waals surface area contributed by atoms with Gasteiger partial charge in [-0.2, -0.15) is 10.1 Å². The molecule has 94 valence electrons. The molecule has 0 spiro atoms. The van der Waals surface area contributed by atoms with E-state index >= 15 is 0 Å². The lowest BCUT2D eigenvalue weighted by Crippen LogP contribution is -2.36. The zero-order valence-corrected chi connectivity index (χ0v) is 10.3. The molecule has 1 aliphatic heterocycles. The summed E-state index contributed by atoms with van der Waals surface area (Å²) < 4.78 is 9.23. The number of carbonyl (C=O) groups is 2. The number of carbonyl (C=O) groups excluding carboxylic acids is 2. The van der Waals surface area contributed by atoms with Crippen LogP contribution in [-0.4, -0.2) is 37.5 Å². The number of methoxy groups -OCH3 is 2. The van der Waals surface area contributed by atoms with Crippen molar-refractivity contribution in [3.8, 4) is 0 Å². The van der Waals surface area contributed by atoms with E-state index in [1.165, 1.54) is 26.6 Å². The highest BCUT2D eigenvalue weighted by Gasteiger charge is 2.37. The lowest BCUT2D eigenvalue weighted by molar-refractivity contribution is -0.151. The molecular formula is C11H16N2O4. The minimum atomic E-state index is -0.725. The van der Waals surface area contributed by atoms with Crippen molar-refractivity contribution in [2.24, 2.45) is 16.4 Å². The van der Waals surface area contributed by atoms with Gasteiger partial charge in [-0.25, -0.2) is 4.79 Å². The standard InChI is InChI=1S/C11H16N2O4/c1-11(2,9(14)16-3)8-5-6-13(12-7-8)10(15)17-4/h5-8H,1-4H3. The maximum Gasteiger partial charge on any atom is 0.434 e. The minimum Gasteiger partial charge on any atom is -0.469 e. The largest absolute Gasteiger partial charge is 0.469 e. The maximum atomic E-state index is 11.6. The lowest BCUT2D eigenvalue weighted by Gasteiger charge is -2.29. The number of nitrogens with zero attached hydrogens (tertiary/aromatic N) is 2. The summed E-state index contributed by atoms with van der Waals surface area (Å²) in [5.74, 6) is -0.555. The molecule has 0 aromatic rings. The fourth-order valence-corrected chi connectivity index (χ4v) is 1.43. The molecule has 0 aromatic carbocycles. The Morgan fingerprint density at radius 2 is 1.94 bits per heavy atom. The molecule has 1 unspecified atom stereocenters. The van der Waals surface area contributed by atoms with E-state index in [1.807, 2.05) is 0 Å². The normalized spacial score (nSPS) is 19.1. The summed E-state index contributed by atoms with van der Waals surface area (Å²) in [6.07, 6.45) is 4.13. The number of hydrogen-bond acceptors (Lipinski definition) is 5. The van der Waals surface area contributed by atoms with Crippen LogP contribution in [0.2, 0.25) is 0 Å². The molecule has 0 radical (unpaired) electrons. The van der Waals surface area contributed by atoms with Gasteiger partial charge in [-0.05, 0) is 13.8 Å². The summed E-state index contributed by atoms with van der Waals surface area (Å²) >= 11 is 0. The first kappa shape index (κ1) is 13.2. The molecule has 6 heteroatoms. The number of amides is 1. The highest BCUT2D eigenvalue weighted by molar-refractivity contribution is 5.83. The van der Waals surface area contributed by atoms with Crippen LogP contribution >= 0.6 is 0 Å². The Hall–Kier alpha value is -1.85. The van der Waals surface area contributed by atoms with Crippen LogP contribution in [0.5, 0.6) is 0 Å². The average molecular weight is 240 g/mol. The van der Waals surface area contributed by atoms with E-state index in [0.29, 0.717) is 0 Å². The Balaban J connectivity index is 2.78. The molecule has 0 bridgehead atoms. The third-order valence-corrected chi connectivity index (χ3v) is 2.69. The zero-order valence-electron chi connectivity index (χ0n) is 10.3. The predicted molar refractivity (Wildman–Crippen MR) is 61.2 cm³/mol. The number of hydrazone groups is 1. The number of allylic oxidation sites excluding steroid dienone is 1. The zero-order chi connectivity index (χ0) is 13.1. The van der Waals surface area contributed by atoms with Crippen molar-refractivity contribution in [3.63, 3.8) is 0 Å². The number of hydrogen-bond donors (Lipinski definition) is 0. The third-order valence-electron chi connectivity index (χ3n) is 2.69. The molecular weight excluding hydrogens is 224 g/mol. The van der Waals surface area contributed by atoms with Crippen molar-refractivity contribution in [1.82, 2.24) is 5.01 Å². The van der Waals surface area contributed by atoms with Crippen molar-refractivity contribution in [2.75, 3.05) is 14.2 Å². The van der Waals surface area contributed by atoms with E-state index < -0.39 is 11.5 Å². The van der Waals surface area contributed by atoms with Crippen LogP contribution in [0.3, 0.4) is 0 Å². The first-order valence-corrected chi connectivity index (χ1v) is 5.11. The van der Waals surface area contributed by atoms with Gasteiger partial charge in [0.05, 0.1) is 19.6 Å². The van der Waals surface area contributed by atoms with Crippen LogP contribution in [0, 0.1) is 11.3 Å². The van der Waals surface area contributed by atoms with Crippen molar-refractivity contribution < 1.29 is 19.1 Å². The van der Waals surface area contributed by atoms with Crippen LogP contribution in [-0.2, 0) is 14.3 Å². The fraction of sp³-hybridized carbons (Fsp3) is 0.545. The minimum absolute atomic E-state index is 0.226. The van der Waals surface area contributed by atoms with Gasteiger partial charge in [0.1, 0.15) is 0 Å². The van der Waals surface area contributed by atoms with Crippen LogP contribution < -0.4 is 0 Å². The molecule has 17 heavy (non-hydrogen) atoms. The van der Waals surface area contributed by atoms with Crippen molar-refractivity contribution >= 4 is 18.3 Å². The molecule has 1 atom stereocenters. The molecule has 1 rings (SSSR count). The maximum absolute atomic E-state index is 11.6. The topological polar surface area (TPSA) is 68.2 Å². The summed E-state index contributed by atoms with van der Waals surface area (Å²) in [6.45, 7) is 3.52. The number of ether oxygens (including phenoxy) is 2. The molecule has 1 aliphatic rings. The molecule has 0 saturated heterocycles. The fourth-order valence-electron chi connectivity index (χ4n) is 1.43.